The monoisotopic (exact) mass is 679 g/mol. The van der Waals surface area contributed by atoms with E-state index in [-0.39, 0.29) is 0 Å². The molecule has 0 amide bonds. The Labute approximate surface area is 307 Å². The van der Waals surface area contributed by atoms with Crippen LogP contribution in [0.25, 0.3) is 75.1 Å². The minimum absolute atomic E-state index is 1.11. The van der Waals surface area contributed by atoms with Crippen LogP contribution >= 0.6 is 11.3 Å². The Balaban J connectivity index is 1.19. The molecule has 0 unspecified atom stereocenters. The number of hydrogen-bond acceptors (Lipinski definition) is 2. The summed E-state index contributed by atoms with van der Waals surface area (Å²) in [5, 5.41) is 7.60. The van der Waals surface area contributed by atoms with Gasteiger partial charge < -0.3 is 4.90 Å². The van der Waals surface area contributed by atoms with Gasteiger partial charge in [-0.1, -0.05) is 152 Å². The predicted octanol–water partition coefficient (Wildman–Crippen LogP) is 14.8. The number of anilines is 3. The molecule has 0 radical (unpaired) electrons. The first-order valence-corrected chi connectivity index (χ1v) is 18.6. The molecular weight excluding hydrogens is 647 g/mol. The van der Waals surface area contributed by atoms with Crippen molar-refractivity contribution in [2.24, 2.45) is 0 Å². The van der Waals surface area contributed by atoms with E-state index in [4.69, 9.17) is 0 Å². The number of fused-ring (bicyclic) bond motifs is 5. The summed E-state index contributed by atoms with van der Waals surface area (Å²) < 4.78 is 2.63. The van der Waals surface area contributed by atoms with Crippen LogP contribution in [0, 0.1) is 0 Å². The maximum atomic E-state index is 2.44. The SMILES string of the molecule is c1cc(-c2cccc3ccccc23)cc(N(c2cccc(-c3cccc4sc5ccccc5c34)c2)c2ccccc2-c2ccc3ccccc3c2)c1. The van der Waals surface area contributed by atoms with Crippen LogP contribution in [0.15, 0.2) is 200 Å². The van der Waals surface area contributed by atoms with Gasteiger partial charge in [0.05, 0.1) is 5.69 Å². The number of rotatable bonds is 6. The van der Waals surface area contributed by atoms with Crippen molar-refractivity contribution in [1.29, 1.82) is 0 Å². The normalized spacial score (nSPS) is 11.5. The summed E-state index contributed by atoms with van der Waals surface area (Å²) in [5.41, 5.74) is 10.6. The molecule has 0 bridgehead atoms. The lowest BCUT2D eigenvalue weighted by Crippen LogP contribution is -2.11. The highest BCUT2D eigenvalue weighted by molar-refractivity contribution is 7.25. The molecule has 9 aromatic carbocycles. The minimum atomic E-state index is 1.11. The van der Waals surface area contributed by atoms with Gasteiger partial charge in [-0.25, -0.2) is 0 Å². The third kappa shape index (κ3) is 5.24. The summed E-state index contributed by atoms with van der Waals surface area (Å²) in [6.07, 6.45) is 0. The number of thiophene rings is 1. The van der Waals surface area contributed by atoms with E-state index in [1.807, 2.05) is 11.3 Å². The van der Waals surface area contributed by atoms with Crippen molar-refractivity contribution in [2.45, 2.75) is 0 Å². The van der Waals surface area contributed by atoms with Gasteiger partial charge in [-0.15, -0.1) is 11.3 Å². The summed E-state index contributed by atoms with van der Waals surface area (Å²) in [4.78, 5) is 2.44. The molecule has 0 atom stereocenters. The fraction of sp³-hybridized carbons (Fsp3) is 0. The molecule has 0 fully saturated rings. The van der Waals surface area contributed by atoms with Crippen molar-refractivity contribution >= 4 is 70.1 Å². The molecule has 0 aliphatic carbocycles. The van der Waals surface area contributed by atoms with Crippen LogP contribution in [0.1, 0.15) is 0 Å². The second kappa shape index (κ2) is 12.7. The molecule has 52 heavy (non-hydrogen) atoms. The summed E-state index contributed by atoms with van der Waals surface area (Å²) in [6, 6.07) is 73.0. The van der Waals surface area contributed by atoms with Crippen molar-refractivity contribution in [3.63, 3.8) is 0 Å². The lowest BCUT2D eigenvalue weighted by atomic mass is 9.96. The first-order chi connectivity index (χ1) is 25.8. The molecule has 244 valence electrons. The molecule has 1 heterocycles. The summed E-state index contributed by atoms with van der Waals surface area (Å²) >= 11 is 1.86. The zero-order chi connectivity index (χ0) is 34.4. The Morgan fingerprint density at radius 2 is 0.885 bits per heavy atom. The Bertz CT molecular complexity index is 2930. The second-order valence-electron chi connectivity index (χ2n) is 13.3. The number of nitrogens with zero attached hydrogens (tertiary/aromatic N) is 1. The van der Waals surface area contributed by atoms with Crippen LogP contribution in [0.4, 0.5) is 17.1 Å². The van der Waals surface area contributed by atoms with Gasteiger partial charge in [0.1, 0.15) is 0 Å². The third-order valence-corrected chi connectivity index (χ3v) is 11.4. The summed E-state index contributed by atoms with van der Waals surface area (Å²) in [7, 11) is 0. The van der Waals surface area contributed by atoms with E-state index in [1.54, 1.807) is 0 Å². The van der Waals surface area contributed by atoms with E-state index in [0.717, 1.165) is 17.1 Å². The molecular formula is C50H33NS. The lowest BCUT2D eigenvalue weighted by Gasteiger charge is -2.29. The Kier molecular flexibility index (Phi) is 7.41. The molecule has 0 N–H and O–H groups in total. The second-order valence-corrected chi connectivity index (χ2v) is 14.4. The fourth-order valence-electron chi connectivity index (χ4n) is 7.81. The highest BCUT2D eigenvalue weighted by Gasteiger charge is 2.20. The lowest BCUT2D eigenvalue weighted by molar-refractivity contribution is 1.28. The van der Waals surface area contributed by atoms with E-state index in [9.17, 15) is 0 Å². The van der Waals surface area contributed by atoms with E-state index in [1.165, 1.54) is 75.1 Å². The van der Waals surface area contributed by atoms with Crippen LogP contribution in [0.2, 0.25) is 0 Å². The standard InChI is InChI=1S/C50H33NS/c1-2-15-36-31-39(30-29-34(36)13-1)44-22-5-7-26-47(44)51(40-19-9-17-37(32-40)43-24-11-16-35-14-3-4-21-42(35)43)41-20-10-18-38(33-41)45-25-12-28-49-50(45)46-23-6-8-27-48(46)52-49/h1-33H. The van der Waals surface area contributed by atoms with Gasteiger partial charge in [-0.3, -0.25) is 0 Å². The Morgan fingerprint density at radius 3 is 1.73 bits per heavy atom. The maximum absolute atomic E-state index is 2.44. The first-order valence-electron chi connectivity index (χ1n) is 17.8. The highest BCUT2D eigenvalue weighted by atomic mass is 32.1. The number of hydrogen-bond donors (Lipinski definition) is 0. The average molecular weight is 680 g/mol. The van der Waals surface area contributed by atoms with Gasteiger partial charge in [-0.05, 0) is 97.9 Å². The molecule has 0 spiro atoms. The van der Waals surface area contributed by atoms with Crippen molar-refractivity contribution in [1.82, 2.24) is 0 Å². The van der Waals surface area contributed by atoms with E-state index < -0.39 is 0 Å². The zero-order valence-corrected chi connectivity index (χ0v) is 29.2. The van der Waals surface area contributed by atoms with Crippen molar-refractivity contribution in [2.75, 3.05) is 4.90 Å². The topological polar surface area (TPSA) is 3.24 Å². The van der Waals surface area contributed by atoms with Crippen LogP contribution in [-0.2, 0) is 0 Å². The van der Waals surface area contributed by atoms with Gasteiger partial charge in [0.25, 0.3) is 0 Å². The van der Waals surface area contributed by atoms with E-state index >= 15 is 0 Å². The summed E-state index contributed by atoms with van der Waals surface area (Å²) in [6.45, 7) is 0. The van der Waals surface area contributed by atoms with Gasteiger partial charge >= 0.3 is 0 Å². The number of benzene rings is 9. The van der Waals surface area contributed by atoms with Crippen LogP contribution in [0.5, 0.6) is 0 Å². The van der Waals surface area contributed by atoms with Crippen LogP contribution in [-0.4, -0.2) is 0 Å². The molecule has 1 aromatic heterocycles. The van der Waals surface area contributed by atoms with Crippen LogP contribution in [0.3, 0.4) is 0 Å². The summed E-state index contributed by atoms with van der Waals surface area (Å²) in [5.74, 6) is 0. The van der Waals surface area contributed by atoms with Gasteiger partial charge in [0.2, 0.25) is 0 Å². The molecule has 1 nitrogen and oxygen atoms in total. The van der Waals surface area contributed by atoms with Crippen molar-refractivity contribution in [3.05, 3.63) is 200 Å². The molecule has 10 rings (SSSR count). The Morgan fingerprint density at radius 1 is 0.327 bits per heavy atom. The molecule has 0 aliphatic heterocycles. The van der Waals surface area contributed by atoms with Gasteiger partial charge in [0.15, 0.2) is 0 Å². The molecule has 10 aromatic rings. The van der Waals surface area contributed by atoms with Gasteiger partial charge in [-0.2, -0.15) is 0 Å². The largest absolute Gasteiger partial charge is 0.310 e. The quantitative estimate of drug-likeness (QED) is 0.169. The van der Waals surface area contributed by atoms with Crippen molar-refractivity contribution in [3.8, 4) is 33.4 Å². The zero-order valence-electron chi connectivity index (χ0n) is 28.4. The molecule has 0 saturated heterocycles. The predicted molar refractivity (Wildman–Crippen MR) is 225 cm³/mol. The van der Waals surface area contributed by atoms with Crippen LogP contribution < -0.4 is 4.90 Å². The maximum Gasteiger partial charge on any atom is 0.0540 e. The Hall–Kier alpha value is -6.48. The van der Waals surface area contributed by atoms with E-state index in [0.29, 0.717) is 0 Å². The first kappa shape index (κ1) is 30.4. The fourth-order valence-corrected chi connectivity index (χ4v) is 8.95. The van der Waals surface area contributed by atoms with Gasteiger partial charge in [0, 0.05) is 37.1 Å². The highest BCUT2D eigenvalue weighted by Crippen LogP contribution is 2.45. The number of para-hydroxylation sites is 1. The minimum Gasteiger partial charge on any atom is -0.310 e. The smallest absolute Gasteiger partial charge is 0.0540 e. The average Bonchev–Trinajstić information content (AvgIpc) is 3.60. The molecule has 0 saturated carbocycles. The molecule has 2 heteroatoms. The van der Waals surface area contributed by atoms with Crippen molar-refractivity contribution < 1.29 is 0 Å². The van der Waals surface area contributed by atoms with E-state index in [2.05, 4.69) is 205 Å². The third-order valence-electron chi connectivity index (χ3n) is 10.2. The molecule has 0 aliphatic rings.